The molecule has 1 saturated heterocycles. The van der Waals surface area contributed by atoms with E-state index in [0.717, 1.165) is 42.0 Å². The first-order chi connectivity index (χ1) is 14.1. The molecule has 1 fully saturated rings. The lowest BCUT2D eigenvalue weighted by Gasteiger charge is -2.32. The zero-order valence-corrected chi connectivity index (χ0v) is 18.0. The van der Waals surface area contributed by atoms with Crippen LogP contribution in [0, 0.1) is 5.92 Å². The molecular formula is C22H31N3O3S. The number of anilines is 1. The van der Waals surface area contributed by atoms with Crippen molar-refractivity contribution >= 4 is 35.2 Å². The Bertz CT molecular complexity index is 740. The second kappa shape index (κ2) is 10.7. The largest absolute Gasteiger partial charge is 0.356 e. The minimum absolute atomic E-state index is 0.00281. The Labute approximate surface area is 177 Å². The van der Waals surface area contributed by atoms with Crippen molar-refractivity contribution < 1.29 is 14.4 Å². The number of likely N-dealkylation sites (tertiary alicyclic amines) is 1. The minimum atomic E-state index is -0.133. The summed E-state index contributed by atoms with van der Waals surface area (Å²) in [5.74, 6) is 0.763. The minimum Gasteiger partial charge on any atom is -0.356 e. The number of hydrogen-bond donors (Lipinski definition) is 1. The summed E-state index contributed by atoms with van der Waals surface area (Å²) >= 11 is 1.76. The number of carbonyl (C=O) groups is 3. The number of rotatable bonds is 7. The zero-order chi connectivity index (χ0) is 20.6. The summed E-state index contributed by atoms with van der Waals surface area (Å²) in [6.45, 7) is 4.61. The topological polar surface area (TPSA) is 69.7 Å². The quantitative estimate of drug-likeness (QED) is 0.693. The molecule has 1 atom stereocenters. The van der Waals surface area contributed by atoms with Crippen molar-refractivity contribution in [2.75, 3.05) is 36.8 Å². The van der Waals surface area contributed by atoms with Gasteiger partial charge in [0.1, 0.15) is 0 Å². The van der Waals surface area contributed by atoms with Crippen molar-refractivity contribution in [3.05, 3.63) is 24.3 Å². The fourth-order valence-corrected chi connectivity index (χ4v) is 4.88. The summed E-state index contributed by atoms with van der Waals surface area (Å²) in [6, 6.07) is 7.92. The maximum absolute atomic E-state index is 12.7. The second-order valence-electron chi connectivity index (χ2n) is 7.69. The van der Waals surface area contributed by atoms with E-state index in [1.54, 1.807) is 21.6 Å². The molecule has 2 aliphatic rings. The first-order valence-corrected chi connectivity index (χ1v) is 11.7. The highest BCUT2D eigenvalue weighted by Gasteiger charge is 2.29. The van der Waals surface area contributed by atoms with E-state index in [2.05, 4.69) is 12.2 Å². The van der Waals surface area contributed by atoms with Gasteiger partial charge in [0, 0.05) is 49.7 Å². The van der Waals surface area contributed by atoms with E-state index in [-0.39, 0.29) is 36.5 Å². The number of hydrogen-bond acceptors (Lipinski definition) is 4. The number of nitrogens with one attached hydrogen (secondary N) is 1. The van der Waals surface area contributed by atoms with E-state index in [4.69, 9.17) is 0 Å². The smallest absolute Gasteiger partial charge is 0.227 e. The second-order valence-corrected chi connectivity index (χ2v) is 8.82. The van der Waals surface area contributed by atoms with E-state index >= 15 is 0 Å². The maximum atomic E-state index is 12.7. The molecule has 6 nitrogen and oxygen atoms in total. The summed E-state index contributed by atoms with van der Waals surface area (Å²) in [5, 5.41) is 2.98. The summed E-state index contributed by atoms with van der Waals surface area (Å²) in [6.07, 6.45) is 4.09. The summed E-state index contributed by atoms with van der Waals surface area (Å²) in [4.78, 5) is 42.4. The van der Waals surface area contributed by atoms with Crippen molar-refractivity contribution in [3.63, 3.8) is 0 Å². The molecule has 0 aromatic heterocycles. The molecule has 0 bridgehead atoms. The Morgan fingerprint density at radius 3 is 2.76 bits per heavy atom. The Morgan fingerprint density at radius 1 is 1.14 bits per heavy atom. The molecule has 0 saturated carbocycles. The van der Waals surface area contributed by atoms with Crippen LogP contribution in [0.2, 0.25) is 0 Å². The monoisotopic (exact) mass is 417 g/mol. The van der Waals surface area contributed by atoms with Crippen LogP contribution in [0.3, 0.4) is 0 Å². The molecule has 0 spiro atoms. The fourth-order valence-electron chi connectivity index (χ4n) is 3.89. The molecular weight excluding hydrogens is 386 g/mol. The highest BCUT2D eigenvalue weighted by atomic mass is 32.2. The van der Waals surface area contributed by atoms with Gasteiger partial charge in [-0.25, -0.2) is 0 Å². The molecule has 3 amide bonds. The van der Waals surface area contributed by atoms with E-state index in [1.165, 1.54) is 0 Å². The Hall–Kier alpha value is -2.02. The number of fused-ring (bicyclic) bond motifs is 1. The first-order valence-electron chi connectivity index (χ1n) is 10.7. The lowest BCUT2D eigenvalue weighted by Crippen LogP contribution is -2.46. The van der Waals surface area contributed by atoms with E-state index in [1.807, 2.05) is 24.3 Å². The molecule has 2 aliphatic heterocycles. The number of benzene rings is 1. The zero-order valence-electron chi connectivity index (χ0n) is 17.2. The fraction of sp³-hybridized carbons (Fsp3) is 0.591. The normalized spacial score (nSPS) is 18.9. The third kappa shape index (κ3) is 5.75. The van der Waals surface area contributed by atoms with E-state index < -0.39 is 0 Å². The Kier molecular flexibility index (Phi) is 7.98. The van der Waals surface area contributed by atoms with Crippen LogP contribution in [0.25, 0.3) is 0 Å². The number of amides is 3. The SMILES string of the molecule is CCCCNC(=O)C1CCCN(C(=O)CCC(=O)N2CCSc3ccccc32)C1. The molecule has 1 aromatic carbocycles. The van der Waals surface area contributed by atoms with Crippen LogP contribution >= 0.6 is 11.8 Å². The molecule has 1 unspecified atom stereocenters. The summed E-state index contributed by atoms with van der Waals surface area (Å²) in [7, 11) is 0. The van der Waals surface area contributed by atoms with Crippen LogP contribution in [0.1, 0.15) is 45.4 Å². The summed E-state index contributed by atoms with van der Waals surface area (Å²) in [5.41, 5.74) is 0.947. The molecule has 0 radical (unpaired) electrons. The summed E-state index contributed by atoms with van der Waals surface area (Å²) < 4.78 is 0. The number of para-hydroxylation sites is 1. The van der Waals surface area contributed by atoms with Gasteiger partial charge in [-0.05, 0) is 31.4 Å². The predicted molar refractivity (Wildman–Crippen MR) is 116 cm³/mol. The van der Waals surface area contributed by atoms with Gasteiger partial charge in [-0.1, -0.05) is 25.5 Å². The van der Waals surface area contributed by atoms with Crippen LogP contribution in [-0.2, 0) is 14.4 Å². The molecule has 2 heterocycles. The number of nitrogens with zero attached hydrogens (tertiary/aromatic N) is 2. The third-order valence-corrected chi connectivity index (χ3v) is 6.60. The van der Waals surface area contributed by atoms with Gasteiger partial charge in [0.2, 0.25) is 17.7 Å². The lowest BCUT2D eigenvalue weighted by molar-refractivity contribution is -0.137. The van der Waals surface area contributed by atoms with Crippen LogP contribution in [0.5, 0.6) is 0 Å². The molecule has 29 heavy (non-hydrogen) atoms. The van der Waals surface area contributed by atoms with Crippen molar-refractivity contribution in [2.45, 2.75) is 50.3 Å². The molecule has 1 aromatic rings. The maximum Gasteiger partial charge on any atom is 0.227 e. The van der Waals surface area contributed by atoms with Crippen LogP contribution in [-0.4, -0.2) is 54.6 Å². The lowest BCUT2D eigenvalue weighted by atomic mass is 9.96. The standard InChI is InChI=1S/C22H31N3O3S/c1-2-3-12-23-22(28)17-7-6-13-24(16-17)20(26)10-11-21(27)25-14-15-29-19-9-5-4-8-18(19)25/h4-5,8-9,17H,2-3,6-7,10-16H2,1H3,(H,23,28). The van der Waals surface area contributed by atoms with Gasteiger partial charge in [0.05, 0.1) is 11.6 Å². The number of unbranched alkanes of at least 4 members (excludes halogenated alkanes) is 1. The molecule has 0 aliphatic carbocycles. The van der Waals surface area contributed by atoms with Gasteiger partial charge >= 0.3 is 0 Å². The van der Waals surface area contributed by atoms with Gasteiger partial charge < -0.3 is 15.1 Å². The molecule has 7 heteroatoms. The average molecular weight is 418 g/mol. The van der Waals surface area contributed by atoms with E-state index in [9.17, 15) is 14.4 Å². The van der Waals surface area contributed by atoms with Crippen LogP contribution < -0.4 is 10.2 Å². The molecule has 158 valence electrons. The van der Waals surface area contributed by atoms with Gasteiger partial charge in [-0.15, -0.1) is 11.8 Å². The number of thioether (sulfide) groups is 1. The van der Waals surface area contributed by atoms with Crippen LogP contribution in [0.15, 0.2) is 29.2 Å². The molecule has 1 N–H and O–H groups in total. The van der Waals surface area contributed by atoms with Gasteiger partial charge in [-0.2, -0.15) is 0 Å². The Morgan fingerprint density at radius 2 is 1.93 bits per heavy atom. The van der Waals surface area contributed by atoms with Gasteiger partial charge in [-0.3, -0.25) is 14.4 Å². The van der Waals surface area contributed by atoms with Crippen molar-refractivity contribution in [2.24, 2.45) is 5.92 Å². The van der Waals surface area contributed by atoms with Gasteiger partial charge in [0.15, 0.2) is 0 Å². The van der Waals surface area contributed by atoms with E-state index in [0.29, 0.717) is 26.2 Å². The third-order valence-electron chi connectivity index (χ3n) is 5.56. The van der Waals surface area contributed by atoms with Crippen molar-refractivity contribution in [3.8, 4) is 0 Å². The van der Waals surface area contributed by atoms with Crippen LogP contribution in [0.4, 0.5) is 5.69 Å². The molecule has 3 rings (SSSR count). The van der Waals surface area contributed by atoms with Crippen molar-refractivity contribution in [1.82, 2.24) is 10.2 Å². The number of carbonyl (C=O) groups excluding carboxylic acids is 3. The number of piperidine rings is 1. The average Bonchev–Trinajstić information content (AvgIpc) is 2.77. The van der Waals surface area contributed by atoms with Crippen molar-refractivity contribution in [1.29, 1.82) is 0 Å². The highest BCUT2D eigenvalue weighted by molar-refractivity contribution is 7.99. The predicted octanol–water partition coefficient (Wildman–Crippen LogP) is 3.06. The van der Waals surface area contributed by atoms with Gasteiger partial charge in [0.25, 0.3) is 0 Å². The highest BCUT2D eigenvalue weighted by Crippen LogP contribution is 2.34. The Balaban J connectivity index is 1.49. The first kappa shape index (κ1) is 21.7.